The van der Waals surface area contributed by atoms with E-state index in [4.69, 9.17) is 4.74 Å². The zero-order valence-electron chi connectivity index (χ0n) is 12.1. The van der Waals surface area contributed by atoms with Crippen LogP contribution in [0.4, 0.5) is 4.79 Å². The smallest absolute Gasteiger partial charge is 0.315 e. The first-order valence-corrected chi connectivity index (χ1v) is 7.34. The molecular formula is C14H24N2O4. The van der Waals surface area contributed by atoms with E-state index in [2.05, 4.69) is 10.6 Å². The van der Waals surface area contributed by atoms with Crippen LogP contribution >= 0.6 is 0 Å². The predicted molar refractivity (Wildman–Crippen MR) is 73.5 cm³/mol. The van der Waals surface area contributed by atoms with E-state index >= 15 is 0 Å². The molecule has 1 aliphatic heterocycles. The molecule has 2 aliphatic rings. The average Bonchev–Trinajstić information content (AvgIpc) is 2.72. The van der Waals surface area contributed by atoms with Crippen molar-refractivity contribution in [3.8, 4) is 0 Å². The third-order valence-electron chi connectivity index (χ3n) is 4.57. The Bertz CT molecular complexity index is 387. The van der Waals surface area contributed by atoms with Gasteiger partial charge in [0, 0.05) is 18.7 Å². The molecule has 0 spiro atoms. The zero-order chi connectivity index (χ0) is 14.8. The highest BCUT2D eigenvalue weighted by Gasteiger charge is 2.46. The minimum absolute atomic E-state index is 0.108. The first-order chi connectivity index (χ1) is 9.41. The van der Waals surface area contributed by atoms with Gasteiger partial charge >= 0.3 is 12.0 Å². The quantitative estimate of drug-likeness (QED) is 0.733. The number of urea groups is 1. The van der Waals surface area contributed by atoms with E-state index in [9.17, 15) is 14.7 Å². The molecule has 0 aromatic rings. The number of hydrogen-bond donors (Lipinski definition) is 3. The van der Waals surface area contributed by atoms with Gasteiger partial charge in [0.2, 0.25) is 0 Å². The number of carbonyl (C=O) groups is 2. The van der Waals surface area contributed by atoms with Gasteiger partial charge < -0.3 is 20.5 Å². The Morgan fingerprint density at radius 1 is 1.30 bits per heavy atom. The molecule has 3 N–H and O–H groups in total. The van der Waals surface area contributed by atoms with Gasteiger partial charge in [-0.2, -0.15) is 0 Å². The average molecular weight is 284 g/mol. The summed E-state index contributed by atoms with van der Waals surface area (Å²) < 4.78 is 5.44. The Hall–Kier alpha value is -1.30. The summed E-state index contributed by atoms with van der Waals surface area (Å²) in [5.74, 6) is -0.833. The molecule has 2 fully saturated rings. The van der Waals surface area contributed by atoms with Crippen molar-refractivity contribution in [3.63, 3.8) is 0 Å². The molecule has 4 unspecified atom stereocenters. The Balaban J connectivity index is 1.86. The molecule has 20 heavy (non-hydrogen) atoms. The topological polar surface area (TPSA) is 87.7 Å². The molecule has 114 valence electrons. The van der Waals surface area contributed by atoms with Crippen LogP contribution in [0.25, 0.3) is 0 Å². The zero-order valence-corrected chi connectivity index (χ0v) is 12.1. The molecule has 1 saturated heterocycles. The van der Waals surface area contributed by atoms with Crippen molar-refractivity contribution in [2.75, 3.05) is 6.61 Å². The number of carboxylic acid groups (broad SMARTS) is 1. The molecule has 0 radical (unpaired) electrons. The number of nitrogens with one attached hydrogen (secondary N) is 2. The second kappa shape index (κ2) is 5.99. The van der Waals surface area contributed by atoms with Gasteiger partial charge in [0.1, 0.15) is 0 Å². The lowest BCUT2D eigenvalue weighted by atomic mass is 9.85. The van der Waals surface area contributed by atoms with E-state index in [1.807, 2.05) is 6.92 Å². The van der Waals surface area contributed by atoms with Gasteiger partial charge in [-0.1, -0.05) is 6.42 Å². The summed E-state index contributed by atoms with van der Waals surface area (Å²) in [5.41, 5.74) is -0.847. The summed E-state index contributed by atoms with van der Waals surface area (Å²) in [6.45, 7) is 4.36. The van der Waals surface area contributed by atoms with E-state index < -0.39 is 11.4 Å². The summed E-state index contributed by atoms with van der Waals surface area (Å²) in [6.07, 6.45) is 3.93. The SMILES string of the molecule is CC1CC(NC(=O)NC2CCCC2(C)C(=O)O)CCO1. The molecule has 0 aromatic carbocycles. The molecule has 2 amide bonds. The Morgan fingerprint density at radius 3 is 2.70 bits per heavy atom. The third-order valence-corrected chi connectivity index (χ3v) is 4.57. The third kappa shape index (κ3) is 3.23. The highest BCUT2D eigenvalue weighted by Crippen LogP contribution is 2.38. The number of carbonyl (C=O) groups excluding carboxylic acids is 1. The number of rotatable bonds is 3. The Kier molecular flexibility index (Phi) is 4.52. The van der Waals surface area contributed by atoms with Gasteiger partial charge in [0.05, 0.1) is 11.5 Å². The van der Waals surface area contributed by atoms with E-state index in [0.717, 1.165) is 25.7 Å². The van der Waals surface area contributed by atoms with Crippen molar-refractivity contribution in [2.24, 2.45) is 5.41 Å². The number of carboxylic acids is 1. The molecule has 0 bridgehead atoms. The van der Waals surface area contributed by atoms with Crippen LogP contribution in [-0.4, -0.2) is 41.9 Å². The van der Waals surface area contributed by atoms with Crippen LogP contribution in [-0.2, 0) is 9.53 Å². The van der Waals surface area contributed by atoms with E-state index in [-0.39, 0.29) is 24.2 Å². The lowest BCUT2D eigenvalue weighted by Crippen LogP contribution is -2.53. The van der Waals surface area contributed by atoms with Crippen molar-refractivity contribution < 1.29 is 19.4 Å². The second-order valence-corrected chi connectivity index (χ2v) is 6.19. The fourth-order valence-corrected chi connectivity index (χ4v) is 3.17. The maximum atomic E-state index is 12.0. The van der Waals surface area contributed by atoms with Crippen molar-refractivity contribution in [1.29, 1.82) is 0 Å². The van der Waals surface area contributed by atoms with Crippen LogP contribution in [0, 0.1) is 5.41 Å². The van der Waals surface area contributed by atoms with Crippen LogP contribution in [0.1, 0.15) is 46.0 Å². The van der Waals surface area contributed by atoms with Crippen LogP contribution in [0.2, 0.25) is 0 Å². The molecular weight excluding hydrogens is 260 g/mol. The lowest BCUT2D eigenvalue weighted by molar-refractivity contribution is -0.148. The van der Waals surface area contributed by atoms with Gasteiger partial charge in [-0.3, -0.25) is 4.79 Å². The number of amides is 2. The lowest BCUT2D eigenvalue weighted by Gasteiger charge is -2.31. The van der Waals surface area contributed by atoms with Crippen LogP contribution in [0.5, 0.6) is 0 Å². The maximum Gasteiger partial charge on any atom is 0.315 e. The van der Waals surface area contributed by atoms with E-state index in [1.54, 1.807) is 6.92 Å². The summed E-state index contributed by atoms with van der Waals surface area (Å²) in [4.78, 5) is 23.4. The summed E-state index contributed by atoms with van der Waals surface area (Å²) >= 11 is 0. The monoisotopic (exact) mass is 284 g/mol. The van der Waals surface area contributed by atoms with Crippen LogP contribution in [0.15, 0.2) is 0 Å². The van der Waals surface area contributed by atoms with Crippen molar-refractivity contribution >= 4 is 12.0 Å². The highest BCUT2D eigenvalue weighted by atomic mass is 16.5. The molecule has 1 aliphatic carbocycles. The first-order valence-electron chi connectivity index (χ1n) is 7.34. The van der Waals surface area contributed by atoms with Gasteiger partial charge in [0.25, 0.3) is 0 Å². The molecule has 4 atom stereocenters. The molecule has 2 rings (SSSR count). The van der Waals surface area contributed by atoms with E-state index in [1.165, 1.54) is 0 Å². The molecule has 1 saturated carbocycles. The summed E-state index contributed by atoms with van der Waals surface area (Å²) in [5, 5.41) is 15.1. The van der Waals surface area contributed by atoms with Crippen molar-refractivity contribution in [1.82, 2.24) is 10.6 Å². The maximum absolute atomic E-state index is 12.0. The van der Waals surface area contributed by atoms with E-state index in [0.29, 0.717) is 13.0 Å². The van der Waals surface area contributed by atoms with Crippen LogP contribution in [0.3, 0.4) is 0 Å². The Labute approximate surface area is 119 Å². The number of aliphatic carboxylic acids is 1. The predicted octanol–water partition coefficient (Wildman–Crippen LogP) is 1.50. The highest BCUT2D eigenvalue weighted by molar-refractivity contribution is 5.79. The fraction of sp³-hybridized carbons (Fsp3) is 0.857. The standard InChI is InChI=1S/C14H24N2O4/c1-9-8-10(5-7-20-9)15-13(19)16-11-4-3-6-14(11,2)12(17)18/h9-11H,3-8H2,1-2H3,(H,17,18)(H2,15,16,19). The Morgan fingerprint density at radius 2 is 2.05 bits per heavy atom. The van der Waals surface area contributed by atoms with Gasteiger partial charge in [0.15, 0.2) is 0 Å². The normalized spacial score (nSPS) is 37.4. The number of ether oxygens (including phenoxy) is 1. The van der Waals surface area contributed by atoms with Gasteiger partial charge in [-0.25, -0.2) is 4.79 Å². The second-order valence-electron chi connectivity index (χ2n) is 6.19. The molecule has 1 heterocycles. The fourth-order valence-electron chi connectivity index (χ4n) is 3.17. The van der Waals surface area contributed by atoms with Crippen molar-refractivity contribution in [2.45, 2.75) is 64.1 Å². The first kappa shape index (κ1) is 15.1. The van der Waals surface area contributed by atoms with Gasteiger partial charge in [-0.15, -0.1) is 0 Å². The molecule has 6 heteroatoms. The largest absolute Gasteiger partial charge is 0.481 e. The molecule has 0 aromatic heterocycles. The number of hydrogen-bond acceptors (Lipinski definition) is 3. The molecule has 6 nitrogen and oxygen atoms in total. The van der Waals surface area contributed by atoms with Crippen molar-refractivity contribution in [3.05, 3.63) is 0 Å². The van der Waals surface area contributed by atoms with Gasteiger partial charge in [-0.05, 0) is 39.5 Å². The minimum Gasteiger partial charge on any atom is -0.481 e. The van der Waals surface area contributed by atoms with Crippen LogP contribution < -0.4 is 10.6 Å². The summed E-state index contributed by atoms with van der Waals surface area (Å²) in [6, 6.07) is -0.447. The summed E-state index contributed by atoms with van der Waals surface area (Å²) in [7, 11) is 0. The minimum atomic E-state index is -0.847.